The fraction of sp³-hybridized carbons (Fsp3) is 0.333. The molecule has 0 aliphatic heterocycles. The van der Waals surface area contributed by atoms with Crippen LogP contribution >= 0.6 is 0 Å². The monoisotopic (exact) mass is 380 g/mol. The third kappa shape index (κ3) is 4.19. The highest BCUT2D eigenvalue weighted by molar-refractivity contribution is 6.07. The Labute approximate surface area is 164 Å². The Morgan fingerprint density at radius 2 is 1.96 bits per heavy atom. The quantitative estimate of drug-likeness (QED) is 0.655. The van der Waals surface area contributed by atoms with Gasteiger partial charge in [0.05, 0.1) is 17.7 Å². The molecule has 3 aromatic rings. The maximum atomic E-state index is 12.9. The van der Waals surface area contributed by atoms with Crippen LogP contribution in [-0.2, 0) is 6.42 Å². The van der Waals surface area contributed by atoms with Gasteiger partial charge in [-0.15, -0.1) is 0 Å². The van der Waals surface area contributed by atoms with Crippen LogP contribution < -0.4 is 10.1 Å². The van der Waals surface area contributed by atoms with Crippen molar-refractivity contribution in [1.82, 2.24) is 15.1 Å². The number of para-hydroxylation sites is 1. The number of aromatic nitrogens is 3. The zero-order valence-electron chi connectivity index (χ0n) is 16.6. The molecular weight excluding hydrogens is 356 g/mol. The number of hydrogen-bond donors (Lipinski definition) is 1. The average Bonchev–Trinajstić information content (AvgIpc) is 3.10. The van der Waals surface area contributed by atoms with E-state index in [-0.39, 0.29) is 5.91 Å². The number of amides is 1. The molecule has 0 bridgehead atoms. The maximum absolute atomic E-state index is 12.9. The predicted octanol–water partition coefficient (Wildman–Crippen LogP) is 4.35. The van der Waals surface area contributed by atoms with Gasteiger partial charge >= 0.3 is 0 Å². The van der Waals surface area contributed by atoms with Crippen LogP contribution in [0.15, 0.2) is 34.9 Å². The van der Waals surface area contributed by atoms with Gasteiger partial charge in [0.1, 0.15) is 11.6 Å². The lowest BCUT2D eigenvalue weighted by Crippen LogP contribution is -2.16. The molecular formula is C21H24N4O3. The van der Waals surface area contributed by atoms with E-state index in [1.807, 2.05) is 39.8 Å². The van der Waals surface area contributed by atoms with Crippen molar-refractivity contribution in [2.75, 3.05) is 11.9 Å². The molecule has 0 aliphatic carbocycles. The van der Waals surface area contributed by atoms with Crippen LogP contribution in [0.1, 0.15) is 47.8 Å². The number of benzene rings is 1. The average molecular weight is 380 g/mol. The van der Waals surface area contributed by atoms with Crippen LogP contribution in [0.2, 0.25) is 0 Å². The van der Waals surface area contributed by atoms with Crippen molar-refractivity contribution in [3.63, 3.8) is 0 Å². The first kappa shape index (κ1) is 19.5. The second-order valence-corrected chi connectivity index (χ2v) is 6.45. The van der Waals surface area contributed by atoms with Crippen molar-refractivity contribution in [2.24, 2.45) is 0 Å². The van der Waals surface area contributed by atoms with E-state index in [1.165, 1.54) is 0 Å². The van der Waals surface area contributed by atoms with Crippen molar-refractivity contribution in [2.45, 2.75) is 40.5 Å². The van der Waals surface area contributed by atoms with Crippen molar-refractivity contribution >= 4 is 11.7 Å². The first-order chi connectivity index (χ1) is 13.5. The van der Waals surface area contributed by atoms with Crippen LogP contribution in [0.3, 0.4) is 0 Å². The molecule has 0 saturated carbocycles. The summed E-state index contributed by atoms with van der Waals surface area (Å²) in [4.78, 5) is 21.9. The largest absolute Gasteiger partial charge is 0.493 e. The number of nitrogens with one attached hydrogen (secondary N) is 1. The smallest absolute Gasteiger partial charge is 0.260 e. The van der Waals surface area contributed by atoms with Crippen molar-refractivity contribution in [1.29, 1.82) is 0 Å². The summed E-state index contributed by atoms with van der Waals surface area (Å²) < 4.78 is 10.9. The van der Waals surface area contributed by atoms with Gasteiger partial charge in [0.25, 0.3) is 5.91 Å². The Kier molecular flexibility index (Phi) is 6.03. The minimum atomic E-state index is -0.305. The molecule has 2 aromatic heterocycles. The molecule has 1 amide bonds. The lowest BCUT2D eigenvalue weighted by atomic mass is 10.1. The number of nitrogens with zero attached hydrogens (tertiary/aromatic N) is 3. The summed E-state index contributed by atoms with van der Waals surface area (Å²) in [6, 6.07) is 9.04. The minimum Gasteiger partial charge on any atom is -0.493 e. The van der Waals surface area contributed by atoms with Gasteiger partial charge in [0.15, 0.2) is 0 Å². The van der Waals surface area contributed by atoms with Gasteiger partial charge in [-0.25, -0.2) is 4.98 Å². The molecule has 0 radical (unpaired) electrons. The highest BCUT2D eigenvalue weighted by Gasteiger charge is 2.20. The van der Waals surface area contributed by atoms with E-state index in [2.05, 4.69) is 20.4 Å². The Morgan fingerprint density at radius 1 is 1.18 bits per heavy atom. The van der Waals surface area contributed by atoms with E-state index in [4.69, 9.17) is 9.26 Å². The van der Waals surface area contributed by atoms with E-state index in [0.717, 1.165) is 17.7 Å². The topological polar surface area (TPSA) is 90.1 Å². The van der Waals surface area contributed by atoms with E-state index in [9.17, 15) is 4.79 Å². The fourth-order valence-corrected chi connectivity index (χ4v) is 2.99. The van der Waals surface area contributed by atoms with Crippen LogP contribution in [0.4, 0.5) is 5.82 Å². The van der Waals surface area contributed by atoms with Crippen LogP contribution in [0, 0.1) is 13.8 Å². The zero-order valence-corrected chi connectivity index (χ0v) is 16.6. The van der Waals surface area contributed by atoms with Crippen molar-refractivity contribution < 1.29 is 14.1 Å². The van der Waals surface area contributed by atoms with Gasteiger partial charge in [0.2, 0.25) is 11.7 Å². The number of hydrogen-bond acceptors (Lipinski definition) is 6. The lowest BCUT2D eigenvalue weighted by molar-refractivity contribution is 0.102. The highest BCUT2D eigenvalue weighted by Crippen LogP contribution is 2.30. The van der Waals surface area contributed by atoms with E-state index in [0.29, 0.717) is 47.4 Å². The molecule has 0 spiro atoms. The lowest BCUT2D eigenvalue weighted by Gasteiger charge is -2.13. The first-order valence-electron chi connectivity index (χ1n) is 9.37. The molecule has 0 atom stereocenters. The third-order valence-electron chi connectivity index (χ3n) is 4.16. The number of carbonyl (C=O) groups excluding carboxylic acids is 1. The molecule has 1 aromatic carbocycles. The van der Waals surface area contributed by atoms with Gasteiger partial charge in [0, 0.05) is 12.1 Å². The summed E-state index contributed by atoms with van der Waals surface area (Å²) in [5.74, 6) is 1.61. The van der Waals surface area contributed by atoms with Crippen LogP contribution in [0.25, 0.3) is 11.4 Å². The van der Waals surface area contributed by atoms with Crippen LogP contribution in [-0.4, -0.2) is 27.6 Å². The molecule has 2 heterocycles. The van der Waals surface area contributed by atoms with Crippen molar-refractivity contribution in [3.8, 4) is 17.1 Å². The molecule has 1 N–H and O–H groups in total. The molecule has 7 heteroatoms. The van der Waals surface area contributed by atoms with E-state index in [1.54, 1.807) is 18.2 Å². The number of pyridine rings is 1. The number of aryl methyl sites for hydroxylation is 3. The Morgan fingerprint density at radius 3 is 2.71 bits per heavy atom. The van der Waals surface area contributed by atoms with Gasteiger partial charge in [-0.2, -0.15) is 4.98 Å². The number of anilines is 1. The second kappa shape index (κ2) is 8.65. The summed E-state index contributed by atoms with van der Waals surface area (Å²) >= 11 is 0. The van der Waals surface area contributed by atoms with Gasteiger partial charge in [-0.1, -0.05) is 24.2 Å². The summed E-state index contributed by atoms with van der Waals surface area (Å²) in [7, 11) is 0. The Bertz CT molecular complexity index is 982. The summed E-state index contributed by atoms with van der Waals surface area (Å²) in [5.41, 5.74) is 2.78. The number of ether oxygens (including phenoxy) is 1. The number of carbonyl (C=O) groups is 1. The predicted molar refractivity (Wildman–Crippen MR) is 107 cm³/mol. The Hall–Kier alpha value is -3.22. The molecule has 146 valence electrons. The van der Waals surface area contributed by atoms with Gasteiger partial charge in [-0.3, -0.25) is 4.79 Å². The molecule has 0 fully saturated rings. The normalized spacial score (nSPS) is 10.7. The molecule has 0 unspecified atom stereocenters. The molecule has 28 heavy (non-hydrogen) atoms. The van der Waals surface area contributed by atoms with Gasteiger partial charge in [-0.05, 0) is 51.0 Å². The third-order valence-corrected chi connectivity index (χ3v) is 4.16. The summed E-state index contributed by atoms with van der Waals surface area (Å²) in [5, 5.41) is 6.98. The molecule has 3 rings (SSSR count). The highest BCUT2D eigenvalue weighted by atomic mass is 16.5. The first-order valence-corrected chi connectivity index (χ1v) is 9.37. The molecule has 0 aliphatic rings. The standard InChI is InChI=1S/C21H24N4O3/c1-5-9-17-23-20(25-28-17)18-13(3)12-14(4)22-19(18)24-21(26)15-10-7-8-11-16(15)27-6-2/h7-8,10-12H,5-6,9H2,1-4H3,(H,22,24,26). The van der Waals surface area contributed by atoms with Crippen molar-refractivity contribution in [3.05, 3.63) is 53.0 Å². The zero-order chi connectivity index (χ0) is 20.1. The summed E-state index contributed by atoms with van der Waals surface area (Å²) in [6.07, 6.45) is 1.61. The van der Waals surface area contributed by atoms with E-state index >= 15 is 0 Å². The maximum Gasteiger partial charge on any atom is 0.260 e. The number of rotatable bonds is 7. The fourth-order valence-electron chi connectivity index (χ4n) is 2.99. The second-order valence-electron chi connectivity index (χ2n) is 6.45. The molecule has 7 nitrogen and oxygen atoms in total. The van der Waals surface area contributed by atoms with Gasteiger partial charge < -0.3 is 14.6 Å². The van der Waals surface area contributed by atoms with Crippen LogP contribution in [0.5, 0.6) is 5.75 Å². The van der Waals surface area contributed by atoms with E-state index < -0.39 is 0 Å². The molecule has 0 saturated heterocycles. The summed E-state index contributed by atoms with van der Waals surface area (Å²) in [6.45, 7) is 8.20. The minimum absolute atomic E-state index is 0.305. The SMILES string of the molecule is CCCc1nc(-c2c(C)cc(C)nc2NC(=O)c2ccccc2OCC)no1. The Balaban J connectivity index is 1.99.